The van der Waals surface area contributed by atoms with Gasteiger partial charge in [0.1, 0.15) is 23.5 Å². The zero-order chi connectivity index (χ0) is 18.3. The smallest absolute Gasteiger partial charge is 0.254 e. The van der Waals surface area contributed by atoms with E-state index in [2.05, 4.69) is 41.5 Å². The highest BCUT2D eigenvalue weighted by Crippen LogP contribution is 2.38. The van der Waals surface area contributed by atoms with Crippen molar-refractivity contribution in [2.24, 2.45) is 0 Å². The molecule has 0 aliphatic rings. The van der Waals surface area contributed by atoms with Gasteiger partial charge in [-0.2, -0.15) is 10.2 Å². The quantitative estimate of drug-likeness (QED) is 0.511. The van der Waals surface area contributed by atoms with Crippen molar-refractivity contribution in [2.45, 2.75) is 13.5 Å². The van der Waals surface area contributed by atoms with E-state index >= 15 is 0 Å². The van der Waals surface area contributed by atoms with Gasteiger partial charge in [-0.05, 0) is 22.9 Å². The summed E-state index contributed by atoms with van der Waals surface area (Å²) >= 11 is 4.80. The lowest BCUT2D eigenvalue weighted by Gasteiger charge is -2.09. The van der Waals surface area contributed by atoms with E-state index in [4.69, 9.17) is 0 Å². The Morgan fingerprint density at radius 1 is 1.46 bits per heavy atom. The molecule has 11 heteroatoms. The molecular weight excluding hydrogens is 422 g/mol. The zero-order valence-electron chi connectivity index (χ0n) is 13.4. The SMILES string of the molecule is Cc1cc2n(CC(=O)Nc3scc(Br)c3-c3ncn[nH]3)c(=O)ccn2n1. The van der Waals surface area contributed by atoms with Gasteiger partial charge < -0.3 is 5.32 Å². The van der Waals surface area contributed by atoms with Crippen molar-refractivity contribution in [3.8, 4) is 11.4 Å². The molecule has 4 aromatic heterocycles. The number of halogens is 1. The molecule has 132 valence electrons. The van der Waals surface area contributed by atoms with Gasteiger partial charge in [-0.1, -0.05) is 0 Å². The van der Waals surface area contributed by atoms with E-state index in [9.17, 15) is 9.59 Å². The van der Waals surface area contributed by atoms with Crippen molar-refractivity contribution in [3.05, 3.63) is 50.6 Å². The largest absolute Gasteiger partial charge is 0.315 e. The highest BCUT2D eigenvalue weighted by Gasteiger charge is 2.18. The summed E-state index contributed by atoms with van der Waals surface area (Å²) in [6.07, 6.45) is 2.98. The molecule has 0 fully saturated rings. The third-order valence-electron chi connectivity index (χ3n) is 3.69. The number of fused-ring (bicyclic) bond motifs is 1. The lowest BCUT2D eigenvalue weighted by atomic mass is 10.3. The predicted octanol–water partition coefficient (Wildman–Crippen LogP) is 2.05. The van der Waals surface area contributed by atoms with E-state index in [1.165, 1.54) is 28.3 Å². The van der Waals surface area contributed by atoms with E-state index in [0.29, 0.717) is 22.0 Å². The number of aryl methyl sites for hydroxylation is 1. The Hall–Kier alpha value is -2.79. The number of nitrogens with zero attached hydrogens (tertiary/aromatic N) is 5. The lowest BCUT2D eigenvalue weighted by molar-refractivity contribution is -0.116. The summed E-state index contributed by atoms with van der Waals surface area (Å²) in [5.41, 5.74) is 1.77. The molecule has 4 heterocycles. The summed E-state index contributed by atoms with van der Waals surface area (Å²) in [6, 6.07) is 3.14. The van der Waals surface area contributed by atoms with Crippen molar-refractivity contribution in [1.82, 2.24) is 29.4 Å². The fourth-order valence-corrected chi connectivity index (χ4v) is 4.23. The molecule has 0 aliphatic heterocycles. The van der Waals surface area contributed by atoms with E-state index in [1.807, 2.05) is 12.3 Å². The number of amides is 1. The second kappa shape index (κ2) is 6.50. The van der Waals surface area contributed by atoms with Crippen LogP contribution in [-0.4, -0.2) is 35.3 Å². The fourth-order valence-electron chi connectivity index (χ4n) is 2.60. The summed E-state index contributed by atoms with van der Waals surface area (Å²) < 4.78 is 3.75. The van der Waals surface area contributed by atoms with Crippen LogP contribution in [-0.2, 0) is 11.3 Å². The third kappa shape index (κ3) is 2.95. The standard InChI is InChI=1S/C15H12BrN7O2S/c1-8-4-11-22(12(25)2-3-23(11)21-8)5-10(24)19-15-13(9(16)6-26-15)14-17-7-18-20-14/h2-4,6-7H,5H2,1H3,(H,19,24)(H,17,18,20). The third-order valence-corrected chi connectivity index (χ3v) is 5.52. The molecule has 0 atom stereocenters. The van der Waals surface area contributed by atoms with Crippen molar-refractivity contribution < 1.29 is 4.79 Å². The molecule has 1 amide bonds. The average Bonchev–Trinajstić information content (AvgIpc) is 3.30. The van der Waals surface area contributed by atoms with E-state index in [-0.39, 0.29) is 18.0 Å². The fraction of sp³-hybridized carbons (Fsp3) is 0.133. The summed E-state index contributed by atoms with van der Waals surface area (Å²) in [7, 11) is 0. The monoisotopic (exact) mass is 433 g/mol. The minimum absolute atomic E-state index is 0.125. The number of hydrogen-bond donors (Lipinski definition) is 2. The predicted molar refractivity (Wildman–Crippen MR) is 100 cm³/mol. The Kier molecular flexibility index (Phi) is 4.17. The molecule has 9 nitrogen and oxygen atoms in total. The first-order valence-corrected chi connectivity index (χ1v) is 9.18. The first-order valence-electron chi connectivity index (χ1n) is 7.51. The number of nitrogens with one attached hydrogen (secondary N) is 2. The van der Waals surface area contributed by atoms with Gasteiger partial charge in [0.2, 0.25) is 5.91 Å². The number of aromatic amines is 1. The van der Waals surface area contributed by atoms with Crippen LogP contribution >= 0.6 is 27.3 Å². The van der Waals surface area contributed by atoms with Gasteiger partial charge in [0, 0.05) is 28.2 Å². The molecule has 0 unspecified atom stereocenters. The molecule has 4 rings (SSSR count). The second-order valence-electron chi connectivity index (χ2n) is 5.50. The van der Waals surface area contributed by atoms with Crippen LogP contribution in [0.15, 0.2) is 39.3 Å². The van der Waals surface area contributed by atoms with Gasteiger partial charge in [0.15, 0.2) is 5.82 Å². The Morgan fingerprint density at radius 3 is 3.08 bits per heavy atom. The van der Waals surface area contributed by atoms with Crippen LogP contribution in [0.25, 0.3) is 17.0 Å². The number of rotatable bonds is 4. The minimum Gasteiger partial charge on any atom is -0.315 e. The Bertz CT molecular complexity index is 1160. The first-order chi connectivity index (χ1) is 12.5. The molecule has 0 saturated carbocycles. The maximum absolute atomic E-state index is 12.6. The molecule has 0 aromatic carbocycles. The molecule has 4 aromatic rings. The number of hydrogen-bond acceptors (Lipinski definition) is 6. The van der Waals surface area contributed by atoms with Crippen molar-refractivity contribution in [2.75, 3.05) is 5.32 Å². The van der Waals surface area contributed by atoms with E-state index < -0.39 is 0 Å². The molecule has 0 bridgehead atoms. The van der Waals surface area contributed by atoms with Crippen LogP contribution in [0.3, 0.4) is 0 Å². The van der Waals surface area contributed by atoms with Crippen LogP contribution in [0.4, 0.5) is 5.00 Å². The van der Waals surface area contributed by atoms with E-state index in [0.717, 1.165) is 10.2 Å². The lowest BCUT2D eigenvalue weighted by Crippen LogP contribution is -2.28. The number of H-pyrrole nitrogens is 1. The number of aromatic nitrogens is 6. The minimum atomic E-state index is -0.325. The van der Waals surface area contributed by atoms with Crippen molar-refractivity contribution >= 4 is 43.8 Å². The van der Waals surface area contributed by atoms with Gasteiger partial charge in [-0.25, -0.2) is 9.50 Å². The van der Waals surface area contributed by atoms with Gasteiger partial charge in [0.25, 0.3) is 5.56 Å². The highest BCUT2D eigenvalue weighted by atomic mass is 79.9. The van der Waals surface area contributed by atoms with Crippen LogP contribution < -0.4 is 10.9 Å². The maximum atomic E-state index is 12.6. The second-order valence-corrected chi connectivity index (χ2v) is 7.23. The summed E-state index contributed by atoms with van der Waals surface area (Å²) in [4.78, 5) is 28.9. The van der Waals surface area contributed by atoms with Crippen LogP contribution in [0.1, 0.15) is 5.69 Å². The molecular formula is C15H12BrN7O2S. The molecule has 26 heavy (non-hydrogen) atoms. The van der Waals surface area contributed by atoms with Crippen LogP contribution in [0, 0.1) is 6.92 Å². The summed E-state index contributed by atoms with van der Waals surface area (Å²) in [6.45, 7) is 1.70. The molecule has 0 radical (unpaired) electrons. The molecule has 0 saturated heterocycles. The molecule has 2 N–H and O–H groups in total. The zero-order valence-corrected chi connectivity index (χ0v) is 15.8. The van der Waals surface area contributed by atoms with Gasteiger partial charge >= 0.3 is 0 Å². The number of carbonyl (C=O) groups is 1. The number of anilines is 1. The van der Waals surface area contributed by atoms with Crippen LogP contribution in [0.5, 0.6) is 0 Å². The Labute approximate surface area is 158 Å². The Balaban J connectivity index is 1.64. The highest BCUT2D eigenvalue weighted by molar-refractivity contribution is 9.10. The van der Waals surface area contributed by atoms with Gasteiger partial charge in [0.05, 0.1) is 11.3 Å². The summed E-state index contributed by atoms with van der Waals surface area (Å²) in [5, 5.41) is 16.2. The first kappa shape index (κ1) is 16.7. The number of thiophene rings is 1. The van der Waals surface area contributed by atoms with Crippen molar-refractivity contribution in [1.29, 1.82) is 0 Å². The normalized spacial score (nSPS) is 11.2. The Morgan fingerprint density at radius 2 is 2.31 bits per heavy atom. The van der Waals surface area contributed by atoms with Crippen LogP contribution in [0.2, 0.25) is 0 Å². The van der Waals surface area contributed by atoms with Crippen molar-refractivity contribution in [3.63, 3.8) is 0 Å². The average molecular weight is 434 g/mol. The molecule has 0 spiro atoms. The van der Waals surface area contributed by atoms with Gasteiger partial charge in [-0.3, -0.25) is 19.3 Å². The molecule has 0 aliphatic carbocycles. The van der Waals surface area contributed by atoms with E-state index in [1.54, 1.807) is 16.8 Å². The maximum Gasteiger partial charge on any atom is 0.254 e. The summed E-state index contributed by atoms with van der Waals surface area (Å²) in [5.74, 6) is 0.216. The topological polar surface area (TPSA) is 110 Å². The van der Waals surface area contributed by atoms with Gasteiger partial charge in [-0.15, -0.1) is 11.3 Å². The number of carbonyl (C=O) groups excluding carboxylic acids is 1.